The Balaban J connectivity index is 2.59. The maximum atomic E-state index is 11.8. The van der Waals surface area contributed by atoms with Crippen LogP contribution in [0, 0.1) is 22.2 Å². The fourth-order valence-electron chi connectivity index (χ4n) is 1.98. The number of aromatic nitrogens is 1. The predicted molar refractivity (Wildman–Crippen MR) is 79.7 cm³/mol. The number of nitro groups is 1. The maximum Gasteiger partial charge on any atom is 0.343 e. The van der Waals surface area contributed by atoms with Crippen LogP contribution in [0.5, 0.6) is 11.5 Å². The van der Waals surface area contributed by atoms with Gasteiger partial charge in [0, 0.05) is 0 Å². The van der Waals surface area contributed by atoms with E-state index in [2.05, 4.69) is 4.74 Å². The lowest BCUT2D eigenvalue weighted by Gasteiger charge is -2.11. The minimum absolute atomic E-state index is 0.0552. The molecular weight excluding hydrogens is 328 g/mol. The Kier molecular flexibility index (Phi) is 4.65. The van der Waals surface area contributed by atoms with Crippen LogP contribution in [-0.4, -0.2) is 18.0 Å². The van der Waals surface area contributed by atoms with Gasteiger partial charge in [0.05, 0.1) is 22.6 Å². The van der Waals surface area contributed by atoms with Gasteiger partial charge in [-0.25, -0.2) is 4.79 Å². The van der Waals surface area contributed by atoms with Crippen LogP contribution in [-0.2, 0) is 4.74 Å². The van der Waals surface area contributed by atoms with Crippen LogP contribution in [0.3, 0.4) is 0 Å². The number of rotatable bonds is 4. The quantitative estimate of drug-likeness (QED) is 0.279. The van der Waals surface area contributed by atoms with Gasteiger partial charge >= 0.3 is 11.7 Å². The minimum atomic E-state index is -0.768. The smallest absolute Gasteiger partial charge is 0.343 e. The Bertz CT molecular complexity index is 793. The molecule has 0 spiro atoms. The second-order valence-corrected chi connectivity index (χ2v) is 4.88. The number of esters is 1. The first-order valence-corrected chi connectivity index (χ1v) is 6.65. The standard InChI is InChI=1S/C14H11ClN2O6/c1-8-6-16(19)7-11(13(8)17(20)21)23-10-5-3-4-9(15)12(10)14(18)22-2/h3-7H,1-2H3. The zero-order chi connectivity index (χ0) is 17.1. The summed E-state index contributed by atoms with van der Waals surface area (Å²) in [6, 6.07) is 4.33. The third-order valence-corrected chi connectivity index (χ3v) is 3.25. The summed E-state index contributed by atoms with van der Waals surface area (Å²) in [5.74, 6) is -1.13. The molecule has 2 aromatic rings. The summed E-state index contributed by atoms with van der Waals surface area (Å²) in [5.41, 5.74) is -0.359. The van der Waals surface area contributed by atoms with E-state index in [4.69, 9.17) is 16.3 Å². The molecule has 2 rings (SSSR count). The Morgan fingerprint density at radius 1 is 1.30 bits per heavy atom. The van der Waals surface area contributed by atoms with E-state index in [1.807, 2.05) is 0 Å². The van der Waals surface area contributed by atoms with Gasteiger partial charge in [-0.2, -0.15) is 4.73 Å². The number of ether oxygens (including phenoxy) is 2. The summed E-state index contributed by atoms with van der Waals surface area (Å²) >= 11 is 5.95. The number of hydrogen-bond acceptors (Lipinski definition) is 6. The molecule has 0 aliphatic carbocycles. The van der Waals surface area contributed by atoms with Gasteiger partial charge in [0.25, 0.3) is 5.75 Å². The fraction of sp³-hybridized carbons (Fsp3) is 0.143. The molecule has 0 bridgehead atoms. The first-order chi connectivity index (χ1) is 10.8. The zero-order valence-electron chi connectivity index (χ0n) is 12.1. The Labute approximate surface area is 135 Å². The van der Waals surface area contributed by atoms with Crippen molar-refractivity contribution < 1.29 is 23.9 Å². The zero-order valence-corrected chi connectivity index (χ0v) is 12.9. The molecule has 120 valence electrons. The van der Waals surface area contributed by atoms with Gasteiger partial charge in [-0.3, -0.25) is 10.1 Å². The molecule has 0 fully saturated rings. The number of hydrogen-bond donors (Lipinski definition) is 0. The van der Waals surface area contributed by atoms with Gasteiger partial charge in [-0.1, -0.05) is 17.7 Å². The first-order valence-electron chi connectivity index (χ1n) is 6.27. The molecule has 0 saturated carbocycles. The third kappa shape index (κ3) is 3.32. The number of methoxy groups -OCH3 is 1. The highest BCUT2D eigenvalue weighted by molar-refractivity contribution is 6.34. The lowest BCUT2D eigenvalue weighted by atomic mass is 10.2. The van der Waals surface area contributed by atoms with Crippen LogP contribution >= 0.6 is 11.6 Å². The van der Waals surface area contributed by atoms with Gasteiger partial charge in [0.1, 0.15) is 11.3 Å². The molecule has 1 heterocycles. The minimum Gasteiger partial charge on any atom is -0.619 e. The predicted octanol–water partition coefficient (Wildman–Crippen LogP) is 2.77. The number of halogens is 1. The molecule has 0 aliphatic heterocycles. The van der Waals surface area contributed by atoms with Gasteiger partial charge in [-0.15, -0.1) is 0 Å². The lowest BCUT2D eigenvalue weighted by Crippen LogP contribution is -2.26. The topological polar surface area (TPSA) is 106 Å². The van der Waals surface area contributed by atoms with Crippen molar-refractivity contribution in [3.05, 3.63) is 62.1 Å². The van der Waals surface area contributed by atoms with Crippen molar-refractivity contribution in [3.63, 3.8) is 0 Å². The van der Waals surface area contributed by atoms with Crippen molar-refractivity contribution in [2.75, 3.05) is 7.11 Å². The van der Waals surface area contributed by atoms with E-state index in [1.165, 1.54) is 25.1 Å². The molecule has 0 atom stereocenters. The molecule has 0 radical (unpaired) electrons. The largest absolute Gasteiger partial charge is 0.619 e. The van der Waals surface area contributed by atoms with Gasteiger partial charge in [0.2, 0.25) is 6.20 Å². The molecule has 0 amide bonds. The summed E-state index contributed by atoms with van der Waals surface area (Å²) in [5, 5.41) is 22.8. The lowest BCUT2D eigenvalue weighted by molar-refractivity contribution is -0.606. The van der Waals surface area contributed by atoms with Crippen molar-refractivity contribution in [2.24, 2.45) is 0 Å². The van der Waals surface area contributed by atoms with Gasteiger partial charge < -0.3 is 14.7 Å². The van der Waals surface area contributed by atoms with Crippen LogP contribution < -0.4 is 9.47 Å². The highest BCUT2D eigenvalue weighted by Gasteiger charge is 2.26. The number of benzene rings is 1. The molecule has 1 aromatic heterocycles. The number of carbonyl (C=O) groups excluding carboxylic acids is 1. The second kappa shape index (κ2) is 6.49. The molecule has 1 aromatic carbocycles. The van der Waals surface area contributed by atoms with Crippen molar-refractivity contribution in [1.29, 1.82) is 0 Å². The van der Waals surface area contributed by atoms with E-state index in [1.54, 1.807) is 0 Å². The second-order valence-electron chi connectivity index (χ2n) is 4.48. The van der Waals surface area contributed by atoms with Gasteiger partial charge in [0.15, 0.2) is 6.20 Å². The van der Waals surface area contributed by atoms with E-state index in [0.717, 1.165) is 19.5 Å². The Hall–Kier alpha value is -2.87. The summed E-state index contributed by atoms with van der Waals surface area (Å²) in [4.78, 5) is 22.3. The summed E-state index contributed by atoms with van der Waals surface area (Å²) in [6.07, 6.45) is 1.94. The summed E-state index contributed by atoms with van der Waals surface area (Å²) < 4.78 is 10.4. The molecule has 0 saturated heterocycles. The number of nitrogens with zero attached hydrogens (tertiary/aromatic N) is 2. The van der Waals surface area contributed by atoms with E-state index in [-0.39, 0.29) is 33.3 Å². The Morgan fingerprint density at radius 2 is 2.00 bits per heavy atom. The SMILES string of the molecule is COC(=O)c1c(Cl)cccc1Oc1c[n+]([O-])cc(C)c1[N+](=O)[O-]. The van der Waals surface area contributed by atoms with Crippen LogP contribution in [0.2, 0.25) is 5.02 Å². The van der Waals surface area contributed by atoms with Crippen molar-refractivity contribution in [2.45, 2.75) is 6.92 Å². The van der Waals surface area contributed by atoms with Crippen LogP contribution in [0.1, 0.15) is 15.9 Å². The van der Waals surface area contributed by atoms with Crippen molar-refractivity contribution in [1.82, 2.24) is 0 Å². The number of pyridine rings is 1. The van der Waals surface area contributed by atoms with E-state index in [9.17, 15) is 20.1 Å². The average molecular weight is 339 g/mol. The molecule has 9 heteroatoms. The van der Waals surface area contributed by atoms with E-state index < -0.39 is 10.9 Å². The molecule has 23 heavy (non-hydrogen) atoms. The Morgan fingerprint density at radius 3 is 2.61 bits per heavy atom. The van der Waals surface area contributed by atoms with E-state index in [0.29, 0.717) is 4.73 Å². The maximum absolute atomic E-state index is 11.8. The number of carbonyl (C=O) groups is 1. The molecule has 8 nitrogen and oxygen atoms in total. The number of aryl methyl sites for hydroxylation is 1. The average Bonchev–Trinajstić information content (AvgIpc) is 2.45. The molecule has 0 N–H and O–H groups in total. The summed E-state index contributed by atoms with van der Waals surface area (Å²) in [7, 11) is 1.16. The van der Waals surface area contributed by atoms with Gasteiger partial charge in [-0.05, 0) is 19.1 Å². The van der Waals surface area contributed by atoms with Crippen molar-refractivity contribution >= 4 is 23.3 Å². The van der Waals surface area contributed by atoms with E-state index >= 15 is 0 Å². The first kappa shape index (κ1) is 16.5. The van der Waals surface area contributed by atoms with Crippen molar-refractivity contribution in [3.8, 4) is 11.5 Å². The van der Waals surface area contributed by atoms with Crippen LogP contribution in [0.4, 0.5) is 5.69 Å². The van der Waals surface area contributed by atoms with Crippen LogP contribution in [0.25, 0.3) is 0 Å². The summed E-state index contributed by atoms with van der Waals surface area (Å²) in [6.45, 7) is 1.40. The molecular formula is C14H11ClN2O6. The normalized spacial score (nSPS) is 10.2. The molecule has 0 aliphatic rings. The highest BCUT2D eigenvalue weighted by Crippen LogP contribution is 2.36. The van der Waals surface area contributed by atoms with Crippen LogP contribution in [0.15, 0.2) is 30.6 Å². The third-order valence-electron chi connectivity index (χ3n) is 2.94. The monoisotopic (exact) mass is 338 g/mol. The highest BCUT2D eigenvalue weighted by atomic mass is 35.5. The molecule has 0 unspecified atom stereocenters. The fourth-order valence-corrected chi connectivity index (χ4v) is 2.22.